The molecule has 0 bridgehead atoms. The highest BCUT2D eigenvalue weighted by molar-refractivity contribution is 6.11. The van der Waals surface area contributed by atoms with Gasteiger partial charge in [-0.05, 0) is 81.6 Å². The fraction of sp³-hybridized carbons (Fsp3) is 0. The summed E-state index contributed by atoms with van der Waals surface area (Å²) < 4.78 is 2.45. The van der Waals surface area contributed by atoms with Gasteiger partial charge in [0.2, 0.25) is 0 Å². The van der Waals surface area contributed by atoms with Gasteiger partial charge in [0.1, 0.15) is 0 Å². The molecular weight excluding hydrogens is 653 g/mol. The Morgan fingerprint density at radius 1 is 0.333 bits per heavy atom. The van der Waals surface area contributed by atoms with Crippen molar-refractivity contribution >= 4 is 49.6 Å². The zero-order chi connectivity index (χ0) is 35.8. The van der Waals surface area contributed by atoms with Crippen molar-refractivity contribution in [2.24, 2.45) is 0 Å². The first kappa shape index (κ1) is 31.6. The number of aromatic nitrogens is 1. The minimum Gasteiger partial charge on any atom is -0.310 e. The van der Waals surface area contributed by atoms with Gasteiger partial charge in [0, 0.05) is 33.3 Å². The third kappa shape index (κ3) is 5.44. The van der Waals surface area contributed by atoms with Crippen LogP contribution in [0.1, 0.15) is 0 Å². The third-order valence-electron chi connectivity index (χ3n) is 10.6. The molecule has 0 spiro atoms. The molecule has 0 unspecified atom stereocenters. The molecule has 0 aliphatic rings. The van der Waals surface area contributed by atoms with Crippen molar-refractivity contribution in [1.82, 2.24) is 4.57 Å². The van der Waals surface area contributed by atoms with Crippen LogP contribution in [0.5, 0.6) is 0 Å². The van der Waals surface area contributed by atoms with Gasteiger partial charge in [-0.15, -0.1) is 0 Å². The predicted molar refractivity (Wildman–Crippen MR) is 229 cm³/mol. The quantitative estimate of drug-likeness (QED) is 0.162. The molecule has 0 amide bonds. The molecule has 1 aromatic heterocycles. The highest BCUT2D eigenvalue weighted by atomic mass is 15.1. The maximum absolute atomic E-state index is 2.45. The fourth-order valence-electron chi connectivity index (χ4n) is 8.15. The van der Waals surface area contributed by atoms with E-state index in [4.69, 9.17) is 0 Å². The lowest BCUT2D eigenvalue weighted by Crippen LogP contribution is -2.11. The first-order valence-electron chi connectivity index (χ1n) is 18.5. The van der Waals surface area contributed by atoms with E-state index in [-0.39, 0.29) is 0 Å². The Hall–Kier alpha value is -7.16. The Labute approximate surface area is 315 Å². The highest BCUT2D eigenvalue weighted by Gasteiger charge is 2.21. The van der Waals surface area contributed by atoms with E-state index in [1.807, 2.05) is 0 Å². The van der Waals surface area contributed by atoms with Crippen LogP contribution < -0.4 is 4.90 Å². The smallest absolute Gasteiger partial charge is 0.0547 e. The van der Waals surface area contributed by atoms with Crippen molar-refractivity contribution in [3.05, 3.63) is 218 Å². The van der Waals surface area contributed by atoms with Crippen LogP contribution in [0, 0.1) is 0 Å². The van der Waals surface area contributed by atoms with Crippen molar-refractivity contribution < 1.29 is 0 Å². The molecule has 1 heterocycles. The Morgan fingerprint density at radius 3 is 1.56 bits per heavy atom. The van der Waals surface area contributed by atoms with Gasteiger partial charge in [0.25, 0.3) is 0 Å². The largest absolute Gasteiger partial charge is 0.310 e. The van der Waals surface area contributed by atoms with E-state index in [9.17, 15) is 0 Å². The Bertz CT molecular complexity index is 2890. The first-order chi connectivity index (χ1) is 26.8. The SMILES string of the molecule is c1ccc(-c2cccc(N(c3cccc(-c4c(-n5c6ccccc6c6ccccc65)ccc5ccccc45)c3)c3ccccc3-c3ccccc3)c2)cc1. The van der Waals surface area contributed by atoms with Gasteiger partial charge in [0.15, 0.2) is 0 Å². The van der Waals surface area contributed by atoms with Crippen molar-refractivity contribution in [3.63, 3.8) is 0 Å². The molecule has 0 fully saturated rings. The predicted octanol–water partition coefficient (Wildman–Crippen LogP) is 14.4. The Morgan fingerprint density at radius 2 is 0.852 bits per heavy atom. The third-order valence-corrected chi connectivity index (χ3v) is 10.6. The second-order valence-electron chi connectivity index (χ2n) is 13.7. The summed E-state index contributed by atoms with van der Waals surface area (Å²) in [5.41, 5.74) is 13.9. The number of fused-ring (bicyclic) bond motifs is 4. The van der Waals surface area contributed by atoms with Gasteiger partial charge in [-0.25, -0.2) is 0 Å². The van der Waals surface area contributed by atoms with Crippen LogP contribution in [0.2, 0.25) is 0 Å². The zero-order valence-electron chi connectivity index (χ0n) is 29.7. The molecule has 0 aliphatic carbocycles. The molecule has 0 N–H and O–H groups in total. The Balaban J connectivity index is 1.23. The molecule has 9 aromatic carbocycles. The van der Waals surface area contributed by atoms with Crippen LogP contribution in [0.3, 0.4) is 0 Å². The summed E-state index contributed by atoms with van der Waals surface area (Å²) in [4.78, 5) is 2.42. The second kappa shape index (κ2) is 13.4. The monoisotopic (exact) mass is 688 g/mol. The van der Waals surface area contributed by atoms with Crippen molar-refractivity contribution in [2.75, 3.05) is 4.90 Å². The summed E-state index contributed by atoms with van der Waals surface area (Å²) in [6.07, 6.45) is 0. The lowest BCUT2D eigenvalue weighted by atomic mass is 9.95. The van der Waals surface area contributed by atoms with Crippen LogP contribution in [0.25, 0.3) is 71.6 Å². The minimum absolute atomic E-state index is 1.09. The molecule has 254 valence electrons. The second-order valence-corrected chi connectivity index (χ2v) is 13.7. The molecule has 0 saturated carbocycles. The molecular formula is C52H36N2. The summed E-state index contributed by atoms with van der Waals surface area (Å²) in [5.74, 6) is 0. The number of hydrogen-bond acceptors (Lipinski definition) is 1. The summed E-state index contributed by atoms with van der Waals surface area (Å²) >= 11 is 0. The number of para-hydroxylation sites is 3. The zero-order valence-corrected chi connectivity index (χ0v) is 29.7. The van der Waals surface area contributed by atoms with E-state index in [2.05, 4.69) is 228 Å². The van der Waals surface area contributed by atoms with Crippen LogP contribution in [0.15, 0.2) is 218 Å². The van der Waals surface area contributed by atoms with Crippen molar-refractivity contribution in [1.29, 1.82) is 0 Å². The van der Waals surface area contributed by atoms with Gasteiger partial charge in [0.05, 0.1) is 22.4 Å². The van der Waals surface area contributed by atoms with E-state index < -0.39 is 0 Å². The summed E-state index contributed by atoms with van der Waals surface area (Å²) in [7, 11) is 0. The lowest BCUT2D eigenvalue weighted by Gasteiger charge is -2.29. The summed E-state index contributed by atoms with van der Waals surface area (Å²) in [5, 5.41) is 4.94. The number of benzene rings is 9. The average molecular weight is 689 g/mol. The van der Waals surface area contributed by atoms with Crippen LogP contribution in [-0.4, -0.2) is 4.57 Å². The first-order valence-corrected chi connectivity index (χ1v) is 18.5. The lowest BCUT2D eigenvalue weighted by molar-refractivity contribution is 1.19. The molecule has 0 aliphatic heterocycles. The highest BCUT2D eigenvalue weighted by Crippen LogP contribution is 2.45. The van der Waals surface area contributed by atoms with Gasteiger partial charge in [-0.3, -0.25) is 0 Å². The summed E-state index contributed by atoms with van der Waals surface area (Å²) in [6, 6.07) is 78.9. The normalized spacial score (nSPS) is 11.3. The number of nitrogens with zero attached hydrogens (tertiary/aromatic N) is 2. The number of anilines is 3. The standard InChI is InChI=1S/C52H36N2/c1-3-17-37(18-4-1)40-22-15-24-42(35-40)53(48-30-12-9-26-44(48)38-19-5-2-6-20-38)43-25-16-23-41(36-43)52-45-27-8-7-21-39(45)33-34-51(52)54-49-31-13-10-28-46(49)47-29-11-14-32-50(47)54/h1-36H. The van der Waals surface area contributed by atoms with Gasteiger partial charge in [-0.2, -0.15) is 0 Å². The maximum atomic E-state index is 2.45. The molecule has 54 heavy (non-hydrogen) atoms. The molecule has 2 nitrogen and oxygen atoms in total. The van der Waals surface area contributed by atoms with Gasteiger partial charge >= 0.3 is 0 Å². The van der Waals surface area contributed by atoms with E-state index in [0.29, 0.717) is 0 Å². The Kier molecular flexibility index (Phi) is 7.85. The summed E-state index contributed by atoms with van der Waals surface area (Å²) in [6.45, 7) is 0. The molecule has 2 heteroatoms. The fourth-order valence-corrected chi connectivity index (χ4v) is 8.15. The van der Waals surface area contributed by atoms with Gasteiger partial charge < -0.3 is 9.47 Å². The van der Waals surface area contributed by atoms with E-state index in [1.54, 1.807) is 0 Å². The molecule has 10 aromatic rings. The topological polar surface area (TPSA) is 8.17 Å². The number of hydrogen-bond donors (Lipinski definition) is 0. The molecule has 10 rings (SSSR count). The van der Waals surface area contributed by atoms with E-state index in [1.165, 1.54) is 60.4 Å². The van der Waals surface area contributed by atoms with Crippen LogP contribution >= 0.6 is 0 Å². The van der Waals surface area contributed by atoms with Crippen molar-refractivity contribution in [2.45, 2.75) is 0 Å². The molecule has 0 atom stereocenters. The average Bonchev–Trinajstić information content (AvgIpc) is 3.59. The van der Waals surface area contributed by atoms with Crippen LogP contribution in [0.4, 0.5) is 17.1 Å². The van der Waals surface area contributed by atoms with E-state index >= 15 is 0 Å². The maximum Gasteiger partial charge on any atom is 0.0547 e. The molecule has 0 saturated heterocycles. The van der Waals surface area contributed by atoms with E-state index in [0.717, 1.165) is 28.3 Å². The van der Waals surface area contributed by atoms with Gasteiger partial charge in [-0.1, -0.05) is 170 Å². The molecule has 0 radical (unpaired) electrons. The van der Waals surface area contributed by atoms with Crippen LogP contribution in [-0.2, 0) is 0 Å². The number of rotatable bonds is 7. The minimum atomic E-state index is 1.09. The van der Waals surface area contributed by atoms with Crippen molar-refractivity contribution in [3.8, 4) is 39.1 Å².